The van der Waals surface area contributed by atoms with E-state index < -0.39 is 0 Å². The third-order valence-electron chi connectivity index (χ3n) is 5.65. The van der Waals surface area contributed by atoms with Gasteiger partial charge in [-0.2, -0.15) is 0 Å². The molecule has 2 unspecified atom stereocenters. The second kappa shape index (κ2) is 2.35. The number of nitrogens with two attached hydrogens (primary N) is 1. The van der Waals surface area contributed by atoms with Gasteiger partial charge in [-0.25, -0.2) is 0 Å². The lowest BCUT2D eigenvalue weighted by molar-refractivity contribution is 0.0185. The summed E-state index contributed by atoms with van der Waals surface area (Å²) in [5, 5.41) is 0. The Morgan fingerprint density at radius 3 is 2.64 bits per heavy atom. The van der Waals surface area contributed by atoms with Gasteiger partial charge in [0.1, 0.15) is 0 Å². The maximum atomic E-state index is 6.47. The monoisotopic (exact) mass is 193 g/mol. The first-order valence-corrected chi connectivity index (χ1v) is 6.22. The summed E-state index contributed by atoms with van der Waals surface area (Å²) in [5.41, 5.74) is 6.90. The number of rotatable bonds is 0. The molecule has 2 saturated carbocycles. The minimum Gasteiger partial charge on any atom is -0.374 e. The molecule has 1 spiro atoms. The van der Waals surface area contributed by atoms with Crippen LogP contribution in [0, 0.1) is 17.3 Å². The third-order valence-corrected chi connectivity index (χ3v) is 5.65. The molecule has 0 aromatic heterocycles. The van der Waals surface area contributed by atoms with Crippen LogP contribution in [-0.2, 0) is 4.74 Å². The van der Waals surface area contributed by atoms with Crippen LogP contribution in [-0.4, -0.2) is 18.2 Å². The molecule has 0 aromatic rings. The van der Waals surface area contributed by atoms with Crippen molar-refractivity contribution in [2.45, 2.75) is 56.8 Å². The van der Waals surface area contributed by atoms with Crippen LogP contribution in [0.2, 0.25) is 0 Å². The number of fused-ring (bicyclic) bond motifs is 6. The molecule has 0 aromatic carbocycles. The normalized spacial score (nSPS) is 64.5. The predicted octanol–water partition coefficient (Wildman–Crippen LogP) is 1.68. The fourth-order valence-corrected chi connectivity index (χ4v) is 5.10. The van der Waals surface area contributed by atoms with E-state index in [2.05, 4.69) is 0 Å². The van der Waals surface area contributed by atoms with Gasteiger partial charge in [0.05, 0.1) is 12.2 Å². The Hall–Kier alpha value is -0.0800. The number of ether oxygens (including phenoxy) is 1. The van der Waals surface area contributed by atoms with E-state index in [1.54, 1.807) is 0 Å². The summed E-state index contributed by atoms with van der Waals surface area (Å²) in [7, 11) is 0. The van der Waals surface area contributed by atoms with Gasteiger partial charge in [-0.3, -0.25) is 0 Å². The largest absolute Gasteiger partial charge is 0.374 e. The molecule has 4 rings (SSSR count). The van der Waals surface area contributed by atoms with Crippen molar-refractivity contribution < 1.29 is 4.74 Å². The summed E-state index contributed by atoms with van der Waals surface area (Å²) in [4.78, 5) is 0. The quantitative estimate of drug-likeness (QED) is 0.635. The average Bonchev–Trinajstić information content (AvgIpc) is 2.91. The Kier molecular flexibility index (Phi) is 1.37. The lowest BCUT2D eigenvalue weighted by atomic mass is 9.62. The Bertz CT molecular complexity index is 268. The molecule has 78 valence electrons. The molecule has 2 heteroatoms. The van der Waals surface area contributed by atoms with Crippen LogP contribution in [0.3, 0.4) is 0 Å². The zero-order chi connectivity index (χ0) is 9.34. The minimum atomic E-state index is 0.436. The fourth-order valence-electron chi connectivity index (χ4n) is 5.10. The van der Waals surface area contributed by atoms with Crippen molar-refractivity contribution in [3.63, 3.8) is 0 Å². The highest BCUT2D eigenvalue weighted by atomic mass is 16.5. The molecule has 6 atom stereocenters. The lowest BCUT2D eigenvalue weighted by Gasteiger charge is -2.43. The van der Waals surface area contributed by atoms with Crippen molar-refractivity contribution in [1.82, 2.24) is 0 Å². The van der Waals surface area contributed by atoms with Crippen molar-refractivity contribution >= 4 is 0 Å². The van der Waals surface area contributed by atoms with E-state index in [9.17, 15) is 0 Å². The molecule has 2 aliphatic carbocycles. The van der Waals surface area contributed by atoms with E-state index in [-0.39, 0.29) is 0 Å². The summed E-state index contributed by atoms with van der Waals surface area (Å²) in [5.74, 6) is 1.75. The second-order valence-corrected chi connectivity index (χ2v) is 5.94. The van der Waals surface area contributed by atoms with Crippen molar-refractivity contribution in [2.24, 2.45) is 23.0 Å². The van der Waals surface area contributed by atoms with Crippen molar-refractivity contribution in [1.29, 1.82) is 0 Å². The van der Waals surface area contributed by atoms with Gasteiger partial charge in [0.2, 0.25) is 0 Å². The molecule has 2 heterocycles. The Morgan fingerprint density at radius 1 is 1.14 bits per heavy atom. The van der Waals surface area contributed by atoms with Crippen LogP contribution in [0.1, 0.15) is 38.5 Å². The molecule has 0 radical (unpaired) electrons. The first-order chi connectivity index (χ1) is 6.80. The van der Waals surface area contributed by atoms with Crippen LogP contribution in [0.4, 0.5) is 0 Å². The van der Waals surface area contributed by atoms with Gasteiger partial charge in [0, 0.05) is 11.5 Å². The molecule has 2 nitrogen and oxygen atoms in total. The predicted molar refractivity (Wildman–Crippen MR) is 53.8 cm³/mol. The molecule has 4 bridgehead atoms. The number of hydrogen-bond donors (Lipinski definition) is 1. The Balaban J connectivity index is 1.76. The third kappa shape index (κ3) is 0.704. The highest BCUT2D eigenvalue weighted by Gasteiger charge is 2.65. The highest BCUT2D eigenvalue weighted by Crippen LogP contribution is 2.65. The van der Waals surface area contributed by atoms with E-state index in [4.69, 9.17) is 10.5 Å². The Morgan fingerprint density at radius 2 is 2.07 bits per heavy atom. The van der Waals surface area contributed by atoms with Crippen LogP contribution >= 0.6 is 0 Å². The average molecular weight is 193 g/mol. The van der Waals surface area contributed by atoms with Crippen molar-refractivity contribution in [3.05, 3.63) is 0 Å². The second-order valence-electron chi connectivity index (χ2n) is 5.94. The molecule has 2 N–H and O–H groups in total. The minimum absolute atomic E-state index is 0.436. The van der Waals surface area contributed by atoms with E-state index in [1.807, 2.05) is 0 Å². The summed E-state index contributed by atoms with van der Waals surface area (Å²) >= 11 is 0. The van der Waals surface area contributed by atoms with E-state index in [0.29, 0.717) is 23.7 Å². The van der Waals surface area contributed by atoms with Crippen molar-refractivity contribution in [3.8, 4) is 0 Å². The van der Waals surface area contributed by atoms with Gasteiger partial charge in [-0.1, -0.05) is 0 Å². The molecule has 2 saturated heterocycles. The molecule has 0 amide bonds. The van der Waals surface area contributed by atoms with Crippen LogP contribution in [0.15, 0.2) is 0 Å². The molecule has 2 aliphatic heterocycles. The number of hydrogen-bond acceptors (Lipinski definition) is 2. The zero-order valence-electron chi connectivity index (χ0n) is 8.61. The SMILES string of the molecule is N[C@H]1[C@@H]2CC[C@@H](C2)C12CC1CC[C@H]2O1. The highest BCUT2D eigenvalue weighted by molar-refractivity contribution is 5.16. The van der Waals surface area contributed by atoms with Gasteiger partial charge in [-0.05, 0) is 50.4 Å². The lowest BCUT2D eigenvalue weighted by Crippen LogP contribution is -2.51. The van der Waals surface area contributed by atoms with Gasteiger partial charge in [-0.15, -0.1) is 0 Å². The molecule has 4 aliphatic rings. The maximum absolute atomic E-state index is 6.47. The standard InChI is InChI=1S/C12H19NO/c13-11-7-1-2-8(5-7)12(11)6-9-3-4-10(12)14-9/h7-11H,1-6,13H2/t7-,8+,9?,10-,11+,12?/m1/s1. The van der Waals surface area contributed by atoms with Crippen LogP contribution in [0.25, 0.3) is 0 Å². The topological polar surface area (TPSA) is 35.2 Å². The summed E-state index contributed by atoms with van der Waals surface area (Å²) in [6, 6.07) is 0.469. The van der Waals surface area contributed by atoms with E-state index >= 15 is 0 Å². The van der Waals surface area contributed by atoms with Crippen LogP contribution in [0.5, 0.6) is 0 Å². The van der Waals surface area contributed by atoms with Gasteiger partial charge < -0.3 is 10.5 Å². The molecule has 14 heavy (non-hydrogen) atoms. The first-order valence-electron chi connectivity index (χ1n) is 6.22. The Labute approximate surface area is 85.2 Å². The van der Waals surface area contributed by atoms with Gasteiger partial charge >= 0.3 is 0 Å². The first kappa shape index (κ1) is 8.12. The molecular formula is C12H19NO. The summed E-state index contributed by atoms with van der Waals surface area (Å²) < 4.78 is 6.05. The van der Waals surface area contributed by atoms with Gasteiger partial charge in [0.15, 0.2) is 0 Å². The zero-order valence-corrected chi connectivity index (χ0v) is 8.61. The molecular weight excluding hydrogens is 174 g/mol. The van der Waals surface area contributed by atoms with E-state index in [1.165, 1.54) is 38.5 Å². The van der Waals surface area contributed by atoms with E-state index in [0.717, 1.165) is 11.8 Å². The fraction of sp³-hybridized carbons (Fsp3) is 1.00. The maximum Gasteiger partial charge on any atom is 0.0654 e. The summed E-state index contributed by atoms with van der Waals surface area (Å²) in [6.07, 6.45) is 9.24. The van der Waals surface area contributed by atoms with Crippen molar-refractivity contribution in [2.75, 3.05) is 0 Å². The molecule has 4 fully saturated rings. The van der Waals surface area contributed by atoms with Gasteiger partial charge in [0.25, 0.3) is 0 Å². The van der Waals surface area contributed by atoms with Crippen LogP contribution < -0.4 is 5.73 Å². The smallest absolute Gasteiger partial charge is 0.0654 e. The summed E-state index contributed by atoms with van der Waals surface area (Å²) in [6.45, 7) is 0.